The first kappa shape index (κ1) is 15.2. The molecule has 0 amide bonds. The molecule has 23 heavy (non-hydrogen) atoms. The third kappa shape index (κ3) is 3.55. The standard InChI is InChI=1S/C18H14FN3S/c19-16-7-5-13(6-8-16)9-17-11-21-18(23)22(17)12-15-3-1-14(10-20)2-4-15/h1-8,11H,9,12H2,(H,21,23). The molecule has 0 aliphatic carbocycles. The zero-order valence-corrected chi connectivity index (χ0v) is 13.1. The number of hydrogen-bond acceptors (Lipinski definition) is 2. The van der Waals surface area contributed by atoms with E-state index in [0.717, 1.165) is 16.8 Å². The summed E-state index contributed by atoms with van der Waals surface area (Å²) < 4.78 is 15.7. The van der Waals surface area contributed by atoms with Gasteiger partial charge in [0.1, 0.15) is 5.82 Å². The summed E-state index contributed by atoms with van der Waals surface area (Å²) in [6.45, 7) is 0.630. The van der Waals surface area contributed by atoms with E-state index in [1.807, 2.05) is 22.9 Å². The minimum absolute atomic E-state index is 0.239. The first-order valence-corrected chi connectivity index (χ1v) is 7.57. The van der Waals surface area contributed by atoms with Gasteiger partial charge in [-0.1, -0.05) is 24.3 Å². The van der Waals surface area contributed by atoms with Crippen LogP contribution in [0.1, 0.15) is 22.4 Å². The Bertz CT molecular complexity index is 899. The Morgan fingerprint density at radius 2 is 1.70 bits per heavy atom. The molecular formula is C18H14FN3S. The highest BCUT2D eigenvalue weighted by molar-refractivity contribution is 7.71. The molecule has 1 heterocycles. The molecule has 0 unspecified atom stereocenters. The highest BCUT2D eigenvalue weighted by atomic mass is 32.1. The van der Waals surface area contributed by atoms with Crippen LogP contribution in [0.2, 0.25) is 0 Å². The minimum Gasteiger partial charge on any atom is -0.337 e. The number of imidazole rings is 1. The van der Waals surface area contributed by atoms with Gasteiger partial charge in [0.25, 0.3) is 0 Å². The first-order chi connectivity index (χ1) is 11.2. The van der Waals surface area contributed by atoms with Gasteiger partial charge in [-0.2, -0.15) is 5.26 Å². The van der Waals surface area contributed by atoms with Crippen molar-refractivity contribution < 1.29 is 4.39 Å². The van der Waals surface area contributed by atoms with Gasteiger partial charge < -0.3 is 9.55 Å². The van der Waals surface area contributed by atoms with Gasteiger partial charge in [-0.25, -0.2) is 4.39 Å². The maximum Gasteiger partial charge on any atom is 0.177 e. The van der Waals surface area contributed by atoms with Gasteiger partial charge >= 0.3 is 0 Å². The van der Waals surface area contributed by atoms with E-state index in [2.05, 4.69) is 11.1 Å². The molecule has 0 atom stereocenters. The third-order valence-electron chi connectivity index (χ3n) is 3.68. The van der Waals surface area contributed by atoms with E-state index in [9.17, 15) is 4.39 Å². The SMILES string of the molecule is N#Cc1ccc(Cn2c(Cc3ccc(F)cc3)c[nH]c2=S)cc1. The molecule has 5 heteroatoms. The Morgan fingerprint density at radius 1 is 1.04 bits per heavy atom. The number of halogens is 1. The fraction of sp³-hybridized carbons (Fsp3) is 0.111. The fourth-order valence-corrected chi connectivity index (χ4v) is 2.67. The molecule has 2 aromatic carbocycles. The number of benzene rings is 2. The van der Waals surface area contributed by atoms with E-state index >= 15 is 0 Å². The van der Waals surface area contributed by atoms with Crippen molar-refractivity contribution in [2.24, 2.45) is 0 Å². The molecule has 3 nitrogen and oxygen atoms in total. The molecule has 0 bridgehead atoms. The first-order valence-electron chi connectivity index (χ1n) is 7.16. The Hall–Kier alpha value is -2.71. The summed E-state index contributed by atoms with van der Waals surface area (Å²) >= 11 is 5.35. The smallest absolute Gasteiger partial charge is 0.177 e. The van der Waals surface area contributed by atoms with Crippen LogP contribution < -0.4 is 0 Å². The molecule has 0 spiro atoms. The number of nitriles is 1. The lowest BCUT2D eigenvalue weighted by atomic mass is 10.1. The van der Waals surface area contributed by atoms with Crippen LogP contribution in [0.25, 0.3) is 0 Å². The van der Waals surface area contributed by atoms with Crippen LogP contribution in [0.15, 0.2) is 54.7 Å². The van der Waals surface area contributed by atoms with Gasteiger partial charge in [0.15, 0.2) is 4.77 Å². The molecule has 3 rings (SSSR count). The van der Waals surface area contributed by atoms with Crippen molar-refractivity contribution in [3.63, 3.8) is 0 Å². The highest BCUT2D eigenvalue weighted by Crippen LogP contribution is 2.14. The predicted octanol–water partition coefficient (Wildman–Crippen LogP) is 4.20. The maximum absolute atomic E-state index is 13.0. The summed E-state index contributed by atoms with van der Waals surface area (Å²) in [6.07, 6.45) is 2.55. The van der Waals surface area contributed by atoms with Crippen LogP contribution in [0.5, 0.6) is 0 Å². The zero-order valence-electron chi connectivity index (χ0n) is 12.3. The Balaban J connectivity index is 1.84. The van der Waals surface area contributed by atoms with Crippen LogP contribution in [-0.2, 0) is 13.0 Å². The minimum atomic E-state index is -0.239. The van der Waals surface area contributed by atoms with Gasteiger partial charge in [-0.05, 0) is 47.6 Å². The van der Waals surface area contributed by atoms with Crippen molar-refractivity contribution in [1.82, 2.24) is 9.55 Å². The summed E-state index contributed by atoms with van der Waals surface area (Å²) in [5, 5.41) is 8.85. The van der Waals surface area contributed by atoms with Crippen LogP contribution in [0.4, 0.5) is 4.39 Å². The molecule has 0 saturated heterocycles. The largest absolute Gasteiger partial charge is 0.337 e. The van der Waals surface area contributed by atoms with Gasteiger partial charge in [-0.3, -0.25) is 0 Å². The second-order valence-corrected chi connectivity index (χ2v) is 5.67. The predicted molar refractivity (Wildman–Crippen MR) is 89.1 cm³/mol. The zero-order chi connectivity index (χ0) is 16.2. The molecule has 1 aromatic heterocycles. The summed E-state index contributed by atoms with van der Waals surface area (Å²) in [5.41, 5.74) is 3.76. The van der Waals surface area contributed by atoms with E-state index in [0.29, 0.717) is 23.3 Å². The van der Waals surface area contributed by atoms with Crippen molar-refractivity contribution in [3.05, 3.63) is 87.7 Å². The van der Waals surface area contributed by atoms with Crippen LogP contribution >= 0.6 is 12.2 Å². The second kappa shape index (κ2) is 6.59. The van der Waals surface area contributed by atoms with Crippen LogP contribution in [0, 0.1) is 21.9 Å². The van der Waals surface area contributed by atoms with Crippen molar-refractivity contribution in [2.75, 3.05) is 0 Å². The topological polar surface area (TPSA) is 44.5 Å². The van der Waals surface area contributed by atoms with Crippen molar-refractivity contribution in [1.29, 1.82) is 5.26 Å². The average molecular weight is 323 g/mol. The summed E-state index contributed by atoms with van der Waals surface area (Å²) in [4.78, 5) is 3.06. The number of nitrogens with zero attached hydrogens (tertiary/aromatic N) is 2. The molecule has 0 radical (unpaired) electrons. The molecule has 1 N–H and O–H groups in total. The van der Waals surface area contributed by atoms with Crippen LogP contribution in [-0.4, -0.2) is 9.55 Å². The lowest BCUT2D eigenvalue weighted by molar-refractivity contribution is 0.627. The van der Waals surface area contributed by atoms with Gasteiger partial charge in [0, 0.05) is 18.3 Å². The number of hydrogen-bond donors (Lipinski definition) is 1. The van der Waals surface area contributed by atoms with Crippen molar-refractivity contribution in [2.45, 2.75) is 13.0 Å². The van der Waals surface area contributed by atoms with E-state index in [4.69, 9.17) is 17.5 Å². The normalized spacial score (nSPS) is 10.4. The average Bonchev–Trinajstić information content (AvgIpc) is 2.91. The van der Waals surface area contributed by atoms with E-state index in [-0.39, 0.29) is 5.82 Å². The molecule has 0 fully saturated rings. The van der Waals surface area contributed by atoms with Gasteiger partial charge in [0.05, 0.1) is 18.2 Å². The summed E-state index contributed by atoms with van der Waals surface area (Å²) in [5.74, 6) is -0.239. The lowest BCUT2D eigenvalue weighted by Crippen LogP contribution is -2.05. The number of aromatic amines is 1. The third-order valence-corrected chi connectivity index (χ3v) is 4.01. The highest BCUT2D eigenvalue weighted by Gasteiger charge is 2.06. The van der Waals surface area contributed by atoms with Crippen molar-refractivity contribution in [3.8, 4) is 6.07 Å². The van der Waals surface area contributed by atoms with E-state index < -0.39 is 0 Å². The molecule has 0 saturated carbocycles. The fourth-order valence-electron chi connectivity index (χ4n) is 2.43. The Kier molecular flexibility index (Phi) is 4.35. The maximum atomic E-state index is 13.0. The quantitative estimate of drug-likeness (QED) is 0.732. The molecule has 114 valence electrons. The molecule has 0 aliphatic heterocycles. The molecule has 0 aliphatic rings. The van der Waals surface area contributed by atoms with E-state index in [1.165, 1.54) is 12.1 Å². The van der Waals surface area contributed by atoms with Crippen molar-refractivity contribution >= 4 is 12.2 Å². The Morgan fingerprint density at radius 3 is 2.35 bits per heavy atom. The number of rotatable bonds is 4. The number of aromatic nitrogens is 2. The number of H-pyrrole nitrogens is 1. The Labute approximate surface area is 138 Å². The summed E-state index contributed by atoms with van der Waals surface area (Å²) in [6, 6.07) is 16.0. The van der Waals surface area contributed by atoms with Gasteiger partial charge in [0.2, 0.25) is 0 Å². The molecular weight excluding hydrogens is 309 g/mol. The monoisotopic (exact) mass is 323 g/mol. The van der Waals surface area contributed by atoms with E-state index in [1.54, 1.807) is 24.3 Å². The van der Waals surface area contributed by atoms with Crippen LogP contribution in [0.3, 0.4) is 0 Å². The van der Waals surface area contributed by atoms with Gasteiger partial charge in [-0.15, -0.1) is 0 Å². The second-order valence-electron chi connectivity index (χ2n) is 5.28. The molecule has 3 aromatic rings. The number of nitrogens with one attached hydrogen (secondary N) is 1. The lowest BCUT2D eigenvalue weighted by Gasteiger charge is -2.09. The summed E-state index contributed by atoms with van der Waals surface area (Å²) in [7, 11) is 0.